The number of carbonyl (C=O) groups excluding carboxylic acids is 1. The van der Waals surface area contributed by atoms with Crippen LogP contribution in [0.1, 0.15) is 49.8 Å². The van der Waals surface area contributed by atoms with Crippen molar-refractivity contribution in [2.75, 3.05) is 26.3 Å². The van der Waals surface area contributed by atoms with Gasteiger partial charge in [0.15, 0.2) is 0 Å². The third-order valence-electron chi connectivity index (χ3n) is 8.25. The fraction of sp³-hybridized carbons (Fsp3) is 0.519. The molecule has 0 spiro atoms. The topological polar surface area (TPSA) is 71.2 Å². The van der Waals surface area contributed by atoms with Gasteiger partial charge in [0.25, 0.3) is 5.91 Å². The summed E-state index contributed by atoms with van der Waals surface area (Å²) in [7, 11) is 0. The van der Waals surface area contributed by atoms with Crippen LogP contribution in [0.5, 0.6) is 0 Å². The lowest BCUT2D eigenvalue weighted by Gasteiger charge is -2.56. The largest absolute Gasteiger partial charge is 0.378 e. The molecule has 0 N–H and O–H groups in total. The molecule has 5 fully saturated rings. The molecule has 1 aromatic heterocycles. The Kier molecular flexibility index (Phi) is 5.10. The number of rotatable bonds is 4. The normalized spacial score (nSPS) is 30.9. The summed E-state index contributed by atoms with van der Waals surface area (Å²) in [6.45, 7) is 2.11. The third kappa shape index (κ3) is 3.69. The van der Waals surface area contributed by atoms with Crippen LogP contribution >= 0.6 is 0 Å². The first-order chi connectivity index (χ1) is 16.1. The molecule has 0 unspecified atom stereocenters. The quantitative estimate of drug-likeness (QED) is 0.528. The van der Waals surface area contributed by atoms with Gasteiger partial charge in [-0.15, -0.1) is 0 Å². The Morgan fingerprint density at radius 3 is 2.30 bits per heavy atom. The molecule has 1 aromatic carbocycles. The zero-order valence-corrected chi connectivity index (χ0v) is 18.9. The number of hydrogen-bond acceptors (Lipinski definition) is 4. The summed E-state index contributed by atoms with van der Waals surface area (Å²) < 4.78 is 7.32. The number of amides is 1. The highest BCUT2D eigenvalue weighted by Crippen LogP contribution is 2.61. The van der Waals surface area contributed by atoms with Gasteiger partial charge in [-0.25, -0.2) is 4.68 Å². The van der Waals surface area contributed by atoms with Crippen LogP contribution in [-0.2, 0) is 14.9 Å². The Morgan fingerprint density at radius 1 is 1.06 bits per heavy atom. The highest BCUT2D eigenvalue weighted by atomic mass is 16.5. The van der Waals surface area contributed by atoms with Crippen LogP contribution in [-0.4, -0.2) is 46.9 Å². The number of para-hydroxylation sites is 1. The monoisotopic (exact) mass is 442 g/mol. The minimum atomic E-state index is -0.204. The molecule has 6 nitrogen and oxygen atoms in total. The molecule has 6 heteroatoms. The Labute approximate surface area is 194 Å². The molecule has 5 aliphatic rings. The Bertz CT molecular complexity index is 1090. The van der Waals surface area contributed by atoms with Gasteiger partial charge in [0.1, 0.15) is 11.6 Å². The van der Waals surface area contributed by atoms with Crippen LogP contribution < -0.4 is 0 Å². The minimum absolute atomic E-state index is 0.0726. The lowest BCUT2D eigenvalue weighted by atomic mass is 9.48. The van der Waals surface area contributed by atoms with Crippen molar-refractivity contribution in [3.8, 4) is 11.8 Å². The van der Waals surface area contributed by atoms with E-state index in [4.69, 9.17) is 9.84 Å². The Hall–Kier alpha value is -2.91. The van der Waals surface area contributed by atoms with Crippen LogP contribution in [0.4, 0.5) is 0 Å². The van der Waals surface area contributed by atoms with Crippen LogP contribution in [0.15, 0.2) is 42.1 Å². The van der Waals surface area contributed by atoms with Crippen LogP contribution in [0, 0.1) is 29.1 Å². The summed E-state index contributed by atoms with van der Waals surface area (Å²) in [6, 6.07) is 12.3. The Morgan fingerprint density at radius 2 is 1.70 bits per heavy atom. The number of benzene rings is 1. The first-order valence-corrected chi connectivity index (χ1v) is 12.3. The lowest BCUT2D eigenvalue weighted by molar-refractivity contribution is -0.130. The second-order valence-electron chi connectivity index (χ2n) is 10.5. The maximum Gasteiger partial charge on any atom is 0.264 e. The van der Waals surface area contributed by atoms with E-state index in [9.17, 15) is 10.1 Å². The number of carbonyl (C=O) groups is 1. The number of nitriles is 1. The van der Waals surface area contributed by atoms with E-state index in [-0.39, 0.29) is 16.9 Å². The van der Waals surface area contributed by atoms with E-state index in [0.717, 1.165) is 34.7 Å². The second kappa shape index (κ2) is 8.14. The maximum atomic E-state index is 13.1. The summed E-state index contributed by atoms with van der Waals surface area (Å²) >= 11 is 0. The number of ether oxygens (including phenoxy) is 1. The highest BCUT2D eigenvalue weighted by Gasteiger charge is 2.53. The van der Waals surface area contributed by atoms with Gasteiger partial charge in [-0.05, 0) is 74.5 Å². The smallest absolute Gasteiger partial charge is 0.264 e. The third-order valence-corrected chi connectivity index (χ3v) is 8.25. The summed E-state index contributed by atoms with van der Waals surface area (Å²) in [5.41, 5.74) is 3.28. The molecule has 4 saturated carbocycles. The molecule has 0 radical (unpaired) electrons. The van der Waals surface area contributed by atoms with E-state index in [2.05, 4.69) is 6.07 Å². The predicted octanol–water partition coefficient (Wildman–Crippen LogP) is 4.11. The minimum Gasteiger partial charge on any atom is -0.378 e. The van der Waals surface area contributed by atoms with Gasteiger partial charge in [-0.3, -0.25) is 4.79 Å². The van der Waals surface area contributed by atoms with Gasteiger partial charge in [0.2, 0.25) is 0 Å². The van der Waals surface area contributed by atoms with Gasteiger partial charge < -0.3 is 9.64 Å². The molecule has 7 rings (SSSR count). The molecular formula is C27H30N4O2. The van der Waals surface area contributed by atoms with Crippen molar-refractivity contribution in [3.05, 3.63) is 53.4 Å². The number of nitrogens with zero attached hydrogens (tertiary/aromatic N) is 4. The molecular weight excluding hydrogens is 412 g/mol. The van der Waals surface area contributed by atoms with Gasteiger partial charge >= 0.3 is 0 Å². The maximum absolute atomic E-state index is 13.1. The average Bonchev–Trinajstić information content (AvgIpc) is 3.27. The van der Waals surface area contributed by atoms with Crippen molar-refractivity contribution in [1.82, 2.24) is 14.7 Å². The van der Waals surface area contributed by atoms with Gasteiger partial charge in [-0.1, -0.05) is 18.2 Å². The van der Waals surface area contributed by atoms with Crippen molar-refractivity contribution >= 4 is 12.0 Å². The van der Waals surface area contributed by atoms with Gasteiger partial charge in [0.05, 0.1) is 24.6 Å². The SMILES string of the molecule is N#C/C(=C/c1cn(-c2ccccc2)nc1C12CC3CC(CC(C3)C1)C2)C(=O)N1CCOCC1. The molecule has 2 aromatic rings. The molecule has 4 bridgehead atoms. The predicted molar refractivity (Wildman–Crippen MR) is 124 cm³/mol. The van der Waals surface area contributed by atoms with E-state index >= 15 is 0 Å². The number of hydrogen-bond donors (Lipinski definition) is 0. The van der Waals surface area contributed by atoms with Gasteiger partial charge in [0, 0.05) is 30.3 Å². The van der Waals surface area contributed by atoms with Crippen LogP contribution in [0.25, 0.3) is 11.8 Å². The van der Waals surface area contributed by atoms with E-state index < -0.39 is 0 Å². The van der Waals surface area contributed by atoms with Crippen molar-refractivity contribution < 1.29 is 9.53 Å². The highest BCUT2D eigenvalue weighted by molar-refractivity contribution is 6.01. The van der Waals surface area contributed by atoms with E-state index in [1.165, 1.54) is 38.5 Å². The van der Waals surface area contributed by atoms with Gasteiger partial charge in [-0.2, -0.15) is 10.4 Å². The fourth-order valence-corrected chi connectivity index (χ4v) is 7.25. The Balaban J connectivity index is 1.43. The number of aromatic nitrogens is 2. The summed E-state index contributed by atoms with van der Waals surface area (Å²) in [5.74, 6) is 2.17. The zero-order chi connectivity index (χ0) is 22.4. The van der Waals surface area contributed by atoms with Crippen molar-refractivity contribution in [2.45, 2.75) is 43.9 Å². The van der Waals surface area contributed by atoms with E-state index in [1.807, 2.05) is 41.2 Å². The molecule has 1 amide bonds. The van der Waals surface area contributed by atoms with Crippen molar-refractivity contribution in [3.63, 3.8) is 0 Å². The van der Waals surface area contributed by atoms with Crippen LogP contribution in [0.2, 0.25) is 0 Å². The molecule has 33 heavy (non-hydrogen) atoms. The fourth-order valence-electron chi connectivity index (χ4n) is 7.25. The second-order valence-corrected chi connectivity index (χ2v) is 10.5. The van der Waals surface area contributed by atoms with Crippen molar-refractivity contribution in [1.29, 1.82) is 5.26 Å². The molecule has 4 aliphatic carbocycles. The summed E-state index contributed by atoms with van der Waals surface area (Å²) in [5, 5.41) is 15.1. The first kappa shape index (κ1) is 20.7. The first-order valence-electron chi connectivity index (χ1n) is 12.3. The molecule has 170 valence electrons. The molecule has 1 aliphatic heterocycles. The van der Waals surface area contributed by atoms with E-state index in [1.54, 1.807) is 11.0 Å². The van der Waals surface area contributed by atoms with Crippen molar-refractivity contribution in [2.24, 2.45) is 17.8 Å². The molecule has 0 atom stereocenters. The van der Waals surface area contributed by atoms with Crippen LogP contribution in [0.3, 0.4) is 0 Å². The van der Waals surface area contributed by atoms with E-state index in [0.29, 0.717) is 26.3 Å². The lowest BCUT2D eigenvalue weighted by Crippen LogP contribution is -2.49. The summed E-state index contributed by atoms with van der Waals surface area (Å²) in [4.78, 5) is 14.8. The molecule has 1 saturated heterocycles. The zero-order valence-electron chi connectivity index (χ0n) is 18.9. The standard InChI is InChI=1S/C27H30N4O2/c28-17-22(26(32)30-6-8-33-9-7-30)13-23-18-31(24-4-2-1-3-5-24)29-25(23)27-14-19-10-20(15-27)12-21(11-19)16-27/h1-5,13,18-21H,6-12,14-16H2/b22-13-. The number of morpholine rings is 1. The molecule has 2 heterocycles. The average molecular weight is 443 g/mol. The summed E-state index contributed by atoms with van der Waals surface area (Å²) in [6.07, 6.45) is 11.5.